The first-order valence-electron chi connectivity index (χ1n) is 5.68. The van der Waals surface area contributed by atoms with Gasteiger partial charge in [0.05, 0.1) is 0 Å². The van der Waals surface area contributed by atoms with Crippen LogP contribution in [0, 0.1) is 18.3 Å². The normalized spacial score (nSPS) is 12.9. The number of carboxylic acids is 1. The SMILES string of the molecule is Cc1ccc(NC(=O)C(C(=O)O)C(C)(C)C)nc1. The number of aliphatic carboxylic acids is 1. The van der Waals surface area contributed by atoms with E-state index in [1.165, 1.54) is 0 Å². The fourth-order valence-corrected chi connectivity index (χ4v) is 1.62. The summed E-state index contributed by atoms with van der Waals surface area (Å²) in [6.07, 6.45) is 1.61. The van der Waals surface area contributed by atoms with Crippen molar-refractivity contribution in [2.45, 2.75) is 27.7 Å². The van der Waals surface area contributed by atoms with Gasteiger partial charge >= 0.3 is 5.97 Å². The van der Waals surface area contributed by atoms with E-state index < -0.39 is 23.2 Å². The van der Waals surface area contributed by atoms with Gasteiger partial charge in [-0.05, 0) is 24.0 Å². The fourth-order valence-electron chi connectivity index (χ4n) is 1.62. The third-order valence-electron chi connectivity index (χ3n) is 2.54. The number of nitrogens with zero attached hydrogens (tertiary/aromatic N) is 1. The van der Waals surface area contributed by atoms with Crippen LogP contribution in [0.4, 0.5) is 5.82 Å². The number of anilines is 1. The van der Waals surface area contributed by atoms with Gasteiger partial charge in [0, 0.05) is 6.20 Å². The molecule has 2 N–H and O–H groups in total. The molecule has 1 atom stereocenters. The number of nitrogens with one attached hydrogen (secondary N) is 1. The van der Waals surface area contributed by atoms with Gasteiger partial charge in [0.25, 0.3) is 0 Å². The van der Waals surface area contributed by atoms with E-state index in [1.54, 1.807) is 39.1 Å². The van der Waals surface area contributed by atoms with E-state index >= 15 is 0 Å². The van der Waals surface area contributed by atoms with Crippen molar-refractivity contribution in [3.63, 3.8) is 0 Å². The van der Waals surface area contributed by atoms with Gasteiger partial charge in [0.1, 0.15) is 11.7 Å². The maximum absolute atomic E-state index is 12.0. The van der Waals surface area contributed by atoms with Gasteiger partial charge in [-0.3, -0.25) is 9.59 Å². The molecule has 1 amide bonds. The molecule has 1 unspecified atom stereocenters. The molecule has 1 rings (SSSR count). The highest BCUT2D eigenvalue weighted by Crippen LogP contribution is 2.27. The Kier molecular flexibility index (Phi) is 4.06. The van der Waals surface area contributed by atoms with Gasteiger partial charge in [-0.15, -0.1) is 0 Å². The van der Waals surface area contributed by atoms with E-state index in [0.29, 0.717) is 5.82 Å². The maximum Gasteiger partial charge on any atom is 0.316 e. The molecule has 0 aliphatic heterocycles. The number of aryl methyl sites for hydroxylation is 1. The second-order valence-electron chi connectivity index (χ2n) is 5.35. The maximum atomic E-state index is 12.0. The zero-order chi connectivity index (χ0) is 13.9. The van der Waals surface area contributed by atoms with Crippen molar-refractivity contribution in [3.8, 4) is 0 Å². The minimum Gasteiger partial charge on any atom is -0.481 e. The van der Waals surface area contributed by atoms with Gasteiger partial charge in [0.15, 0.2) is 0 Å². The number of hydrogen-bond acceptors (Lipinski definition) is 3. The monoisotopic (exact) mass is 250 g/mol. The number of pyridine rings is 1. The number of amides is 1. The molecule has 1 heterocycles. The third-order valence-corrected chi connectivity index (χ3v) is 2.54. The van der Waals surface area contributed by atoms with Crippen LogP contribution in [0.15, 0.2) is 18.3 Å². The molecule has 0 aromatic carbocycles. The Morgan fingerprint density at radius 1 is 1.33 bits per heavy atom. The zero-order valence-electron chi connectivity index (χ0n) is 11.0. The van der Waals surface area contributed by atoms with Crippen LogP contribution in [0.25, 0.3) is 0 Å². The van der Waals surface area contributed by atoms with Crippen LogP contribution in [0.5, 0.6) is 0 Å². The van der Waals surface area contributed by atoms with Crippen molar-refractivity contribution >= 4 is 17.7 Å². The lowest BCUT2D eigenvalue weighted by Gasteiger charge is -2.25. The Labute approximate surface area is 106 Å². The Hall–Kier alpha value is -1.91. The van der Waals surface area contributed by atoms with E-state index in [1.807, 2.05) is 6.92 Å². The lowest BCUT2D eigenvalue weighted by atomic mass is 9.80. The average molecular weight is 250 g/mol. The number of carbonyl (C=O) groups excluding carboxylic acids is 1. The molecule has 18 heavy (non-hydrogen) atoms. The zero-order valence-corrected chi connectivity index (χ0v) is 11.0. The summed E-state index contributed by atoms with van der Waals surface area (Å²) < 4.78 is 0. The molecule has 1 aromatic rings. The topological polar surface area (TPSA) is 79.3 Å². The number of rotatable bonds is 3. The highest BCUT2D eigenvalue weighted by atomic mass is 16.4. The number of hydrogen-bond donors (Lipinski definition) is 2. The molecule has 0 aliphatic rings. The summed E-state index contributed by atoms with van der Waals surface area (Å²) in [7, 11) is 0. The van der Waals surface area contributed by atoms with Crippen LogP contribution >= 0.6 is 0 Å². The Morgan fingerprint density at radius 2 is 1.94 bits per heavy atom. The van der Waals surface area contributed by atoms with Crippen LogP contribution in [-0.2, 0) is 9.59 Å². The summed E-state index contributed by atoms with van der Waals surface area (Å²) in [4.78, 5) is 27.1. The average Bonchev–Trinajstić information content (AvgIpc) is 2.18. The van der Waals surface area contributed by atoms with Crippen molar-refractivity contribution in [2.24, 2.45) is 11.3 Å². The molecule has 0 aliphatic carbocycles. The summed E-state index contributed by atoms with van der Waals surface area (Å²) in [5, 5.41) is 11.6. The highest BCUT2D eigenvalue weighted by Gasteiger charge is 2.37. The van der Waals surface area contributed by atoms with Crippen molar-refractivity contribution in [1.82, 2.24) is 4.98 Å². The summed E-state index contributed by atoms with van der Waals surface area (Å²) in [5.74, 6) is -2.43. The quantitative estimate of drug-likeness (QED) is 0.805. The van der Waals surface area contributed by atoms with Crippen molar-refractivity contribution < 1.29 is 14.7 Å². The van der Waals surface area contributed by atoms with Crippen molar-refractivity contribution in [1.29, 1.82) is 0 Å². The number of aromatic nitrogens is 1. The molecule has 0 saturated carbocycles. The summed E-state index contributed by atoms with van der Waals surface area (Å²) in [5.41, 5.74) is 0.319. The first kappa shape index (κ1) is 14.2. The largest absolute Gasteiger partial charge is 0.481 e. The Balaban J connectivity index is 2.86. The van der Waals surface area contributed by atoms with E-state index in [0.717, 1.165) is 5.56 Å². The van der Waals surface area contributed by atoms with E-state index in [4.69, 9.17) is 5.11 Å². The fraction of sp³-hybridized carbons (Fsp3) is 0.462. The smallest absolute Gasteiger partial charge is 0.316 e. The van der Waals surface area contributed by atoms with Gasteiger partial charge in [-0.1, -0.05) is 26.8 Å². The molecule has 5 nitrogen and oxygen atoms in total. The molecule has 0 bridgehead atoms. The van der Waals surface area contributed by atoms with Gasteiger partial charge in [-0.25, -0.2) is 4.98 Å². The van der Waals surface area contributed by atoms with Crippen molar-refractivity contribution in [2.75, 3.05) is 5.32 Å². The molecule has 98 valence electrons. The second-order valence-corrected chi connectivity index (χ2v) is 5.35. The molecule has 0 radical (unpaired) electrons. The molecule has 0 spiro atoms. The lowest BCUT2D eigenvalue weighted by molar-refractivity contribution is -0.149. The van der Waals surface area contributed by atoms with Gasteiger partial charge in [-0.2, -0.15) is 0 Å². The Morgan fingerprint density at radius 3 is 2.33 bits per heavy atom. The van der Waals surface area contributed by atoms with Gasteiger partial charge < -0.3 is 10.4 Å². The minimum absolute atomic E-state index is 0.362. The van der Waals surface area contributed by atoms with E-state index in [2.05, 4.69) is 10.3 Å². The molecular weight excluding hydrogens is 232 g/mol. The summed E-state index contributed by atoms with van der Waals surface area (Å²) >= 11 is 0. The molecule has 1 aromatic heterocycles. The van der Waals surface area contributed by atoms with Crippen molar-refractivity contribution in [3.05, 3.63) is 23.9 Å². The van der Waals surface area contributed by atoms with Crippen LogP contribution in [-0.4, -0.2) is 22.0 Å². The summed E-state index contributed by atoms with van der Waals surface area (Å²) in [6, 6.07) is 3.45. The van der Waals surface area contributed by atoms with Gasteiger partial charge in [0.2, 0.25) is 5.91 Å². The van der Waals surface area contributed by atoms with Crippen LogP contribution in [0.3, 0.4) is 0 Å². The van der Waals surface area contributed by atoms with Crippen LogP contribution in [0.1, 0.15) is 26.3 Å². The minimum atomic E-state index is -1.13. The molecule has 5 heteroatoms. The summed E-state index contributed by atoms with van der Waals surface area (Å²) in [6.45, 7) is 7.03. The standard InChI is InChI=1S/C13H18N2O3/c1-8-5-6-9(14-7-8)15-11(16)10(12(17)18)13(2,3)4/h5-7,10H,1-4H3,(H,17,18)(H,14,15,16). The predicted molar refractivity (Wildman–Crippen MR) is 68.2 cm³/mol. The van der Waals surface area contributed by atoms with E-state index in [9.17, 15) is 9.59 Å². The van der Waals surface area contributed by atoms with Crippen LogP contribution in [0.2, 0.25) is 0 Å². The number of carbonyl (C=O) groups is 2. The highest BCUT2D eigenvalue weighted by molar-refractivity contribution is 6.04. The lowest BCUT2D eigenvalue weighted by Crippen LogP contribution is -2.39. The Bertz CT molecular complexity index is 446. The predicted octanol–water partition coefficient (Wildman–Crippen LogP) is 2.08. The third kappa shape index (κ3) is 3.55. The van der Waals surface area contributed by atoms with E-state index in [-0.39, 0.29) is 0 Å². The number of carboxylic acid groups (broad SMARTS) is 1. The van der Waals surface area contributed by atoms with Crippen LogP contribution < -0.4 is 5.32 Å². The first-order chi connectivity index (χ1) is 8.21. The first-order valence-corrected chi connectivity index (χ1v) is 5.68. The molecule has 0 saturated heterocycles. The molecular formula is C13H18N2O3. The second kappa shape index (κ2) is 5.16. The molecule has 0 fully saturated rings.